The molecular formula is C28H41N5O7. The van der Waals surface area contributed by atoms with Crippen molar-refractivity contribution in [3.63, 3.8) is 0 Å². The molecule has 0 bridgehead atoms. The Morgan fingerprint density at radius 3 is 2.52 bits per heavy atom. The molecule has 2 aliphatic rings. The molecule has 0 radical (unpaired) electrons. The van der Waals surface area contributed by atoms with E-state index in [1.807, 2.05) is 30.3 Å². The number of carbonyl (C=O) groups excluding carboxylic acids is 4. The standard InChI is InChI=1S/C28H41N5O7/c1-20(27(37)38)31-33(25(35)13-16-30-28(39)40-19-22-6-3-2-4-7-22)26(36)23-8-5-17-32(18-23)24(34)10-9-21-11-14-29-15-12-21/h2-4,6-7,20-21,23,29,31H,5,8-19H2,1H3,(H,30,39)(H,37,38)/t20-,23+/m0/s1. The molecule has 2 aliphatic heterocycles. The van der Waals surface area contributed by atoms with E-state index >= 15 is 0 Å². The van der Waals surface area contributed by atoms with Crippen LogP contribution >= 0.6 is 0 Å². The molecule has 1 aromatic carbocycles. The van der Waals surface area contributed by atoms with Crippen molar-refractivity contribution in [3.8, 4) is 0 Å². The Balaban J connectivity index is 1.52. The number of nitrogens with zero attached hydrogens (tertiary/aromatic N) is 2. The summed E-state index contributed by atoms with van der Waals surface area (Å²) < 4.78 is 5.13. The molecule has 220 valence electrons. The van der Waals surface area contributed by atoms with Gasteiger partial charge in [0.1, 0.15) is 12.6 Å². The van der Waals surface area contributed by atoms with Crippen LogP contribution in [0.1, 0.15) is 57.4 Å². The first-order chi connectivity index (χ1) is 19.2. The SMILES string of the molecule is C[C@H](NN(C(=O)CCNC(=O)OCc1ccccc1)C(=O)[C@@H]1CCCN(C(=O)CCC2CCNCC2)C1)C(=O)O. The summed E-state index contributed by atoms with van der Waals surface area (Å²) in [6.07, 6.45) is 3.48. The van der Waals surface area contributed by atoms with Gasteiger partial charge in [0.05, 0.1) is 5.92 Å². The average Bonchev–Trinajstić information content (AvgIpc) is 2.98. The third-order valence-electron chi connectivity index (χ3n) is 7.33. The molecule has 0 aliphatic carbocycles. The second-order valence-electron chi connectivity index (χ2n) is 10.4. The molecule has 2 heterocycles. The summed E-state index contributed by atoms with van der Waals surface area (Å²) in [5.74, 6) is -2.62. The lowest BCUT2D eigenvalue weighted by atomic mass is 9.92. The van der Waals surface area contributed by atoms with Gasteiger partial charge in [0.2, 0.25) is 17.7 Å². The second-order valence-corrected chi connectivity index (χ2v) is 10.4. The molecule has 1 aromatic rings. The first-order valence-electron chi connectivity index (χ1n) is 14.0. The van der Waals surface area contributed by atoms with Crippen molar-refractivity contribution in [2.45, 2.75) is 64.5 Å². The van der Waals surface area contributed by atoms with E-state index in [9.17, 15) is 29.1 Å². The van der Waals surface area contributed by atoms with E-state index in [2.05, 4.69) is 16.1 Å². The lowest BCUT2D eigenvalue weighted by molar-refractivity contribution is -0.155. The van der Waals surface area contributed by atoms with E-state index in [4.69, 9.17) is 4.74 Å². The van der Waals surface area contributed by atoms with Crippen molar-refractivity contribution in [1.82, 2.24) is 26.0 Å². The average molecular weight is 560 g/mol. The van der Waals surface area contributed by atoms with E-state index in [-0.39, 0.29) is 32.0 Å². The Morgan fingerprint density at radius 1 is 1.10 bits per heavy atom. The molecule has 0 spiro atoms. The molecule has 40 heavy (non-hydrogen) atoms. The number of imide groups is 1. The highest BCUT2D eigenvalue weighted by Gasteiger charge is 2.35. The highest BCUT2D eigenvalue weighted by Crippen LogP contribution is 2.22. The van der Waals surface area contributed by atoms with Crippen LogP contribution in [0, 0.1) is 11.8 Å². The van der Waals surface area contributed by atoms with Gasteiger partial charge in [0, 0.05) is 32.5 Å². The van der Waals surface area contributed by atoms with Crippen molar-refractivity contribution in [2.75, 3.05) is 32.7 Å². The molecule has 4 amide bonds. The predicted octanol–water partition coefficient (Wildman–Crippen LogP) is 1.65. The zero-order valence-corrected chi connectivity index (χ0v) is 23.1. The van der Waals surface area contributed by atoms with Gasteiger partial charge in [-0.3, -0.25) is 19.2 Å². The quantitative estimate of drug-likeness (QED) is 0.280. The number of carbonyl (C=O) groups is 5. The molecule has 0 unspecified atom stereocenters. The number of aliphatic carboxylic acids is 1. The van der Waals surface area contributed by atoms with Gasteiger partial charge in [0.15, 0.2) is 0 Å². The number of hydrazine groups is 1. The molecule has 2 atom stereocenters. The number of carboxylic acids is 1. The topological polar surface area (TPSA) is 157 Å². The van der Waals surface area contributed by atoms with Gasteiger partial charge in [0.25, 0.3) is 0 Å². The van der Waals surface area contributed by atoms with Crippen LogP contribution in [-0.4, -0.2) is 83.6 Å². The smallest absolute Gasteiger partial charge is 0.407 e. The molecular weight excluding hydrogens is 518 g/mol. The molecule has 2 fully saturated rings. The van der Waals surface area contributed by atoms with Crippen molar-refractivity contribution < 1.29 is 33.8 Å². The molecule has 2 saturated heterocycles. The Labute approximate surface area is 234 Å². The summed E-state index contributed by atoms with van der Waals surface area (Å²) in [6, 6.07) is 7.91. The minimum Gasteiger partial charge on any atom is -0.480 e. The van der Waals surface area contributed by atoms with Crippen LogP contribution in [-0.2, 0) is 30.5 Å². The fourth-order valence-corrected chi connectivity index (χ4v) is 4.91. The second kappa shape index (κ2) is 15.9. The maximum atomic E-state index is 13.4. The number of piperidine rings is 2. The molecule has 4 N–H and O–H groups in total. The third kappa shape index (κ3) is 9.91. The number of alkyl carbamates (subject to hydrolysis) is 1. The summed E-state index contributed by atoms with van der Waals surface area (Å²) in [4.78, 5) is 64.5. The Hall–Kier alpha value is -3.51. The summed E-state index contributed by atoms with van der Waals surface area (Å²) in [6.45, 7) is 3.96. The zero-order chi connectivity index (χ0) is 28.9. The highest BCUT2D eigenvalue weighted by molar-refractivity contribution is 5.96. The minimum atomic E-state index is -1.23. The zero-order valence-electron chi connectivity index (χ0n) is 23.1. The molecule has 12 nitrogen and oxygen atoms in total. The Bertz CT molecular complexity index is 1020. The number of nitrogens with one attached hydrogen (secondary N) is 3. The predicted molar refractivity (Wildman–Crippen MR) is 145 cm³/mol. The van der Waals surface area contributed by atoms with Crippen molar-refractivity contribution in [2.24, 2.45) is 11.8 Å². The van der Waals surface area contributed by atoms with Crippen LogP contribution in [0.25, 0.3) is 0 Å². The summed E-state index contributed by atoms with van der Waals surface area (Å²) in [5, 5.41) is 15.9. The largest absolute Gasteiger partial charge is 0.480 e. The molecule has 0 aromatic heterocycles. The Morgan fingerprint density at radius 2 is 1.82 bits per heavy atom. The van der Waals surface area contributed by atoms with Gasteiger partial charge >= 0.3 is 12.1 Å². The van der Waals surface area contributed by atoms with Crippen LogP contribution in [0.15, 0.2) is 30.3 Å². The van der Waals surface area contributed by atoms with Crippen molar-refractivity contribution in [1.29, 1.82) is 0 Å². The van der Waals surface area contributed by atoms with Crippen molar-refractivity contribution >= 4 is 29.8 Å². The van der Waals surface area contributed by atoms with Gasteiger partial charge in [-0.25, -0.2) is 15.2 Å². The lowest BCUT2D eigenvalue weighted by Crippen LogP contribution is -2.57. The lowest BCUT2D eigenvalue weighted by Gasteiger charge is -2.35. The number of benzene rings is 1. The van der Waals surface area contributed by atoms with Gasteiger partial charge in [-0.15, -0.1) is 0 Å². The molecule has 3 rings (SSSR count). The maximum Gasteiger partial charge on any atom is 0.407 e. The van der Waals surface area contributed by atoms with Crippen LogP contribution in [0.3, 0.4) is 0 Å². The Kier molecular flexibility index (Phi) is 12.4. The summed E-state index contributed by atoms with van der Waals surface area (Å²) >= 11 is 0. The fraction of sp³-hybridized carbons (Fsp3) is 0.607. The fourth-order valence-electron chi connectivity index (χ4n) is 4.91. The monoisotopic (exact) mass is 559 g/mol. The maximum absolute atomic E-state index is 13.4. The van der Waals surface area contributed by atoms with E-state index in [0.717, 1.165) is 42.9 Å². The number of amides is 4. The highest BCUT2D eigenvalue weighted by atomic mass is 16.5. The van der Waals surface area contributed by atoms with E-state index < -0.39 is 35.8 Å². The summed E-state index contributed by atoms with van der Waals surface area (Å²) in [5.41, 5.74) is 3.30. The van der Waals surface area contributed by atoms with Crippen molar-refractivity contribution in [3.05, 3.63) is 35.9 Å². The van der Waals surface area contributed by atoms with Gasteiger partial charge in [-0.1, -0.05) is 30.3 Å². The van der Waals surface area contributed by atoms with E-state index in [1.165, 1.54) is 6.92 Å². The number of likely N-dealkylation sites (tertiary alicyclic amines) is 1. The van der Waals surface area contributed by atoms with Gasteiger partial charge in [-0.05, 0) is 63.6 Å². The third-order valence-corrected chi connectivity index (χ3v) is 7.33. The number of rotatable bonds is 12. The first-order valence-corrected chi connectivity index (χ1v) is 14.0. The molecule has 12 heteroatoms. The van der Waals surface area contributed by atoms with Gasteiger partial charge in [-0.2, -0.15) is 0 Å². The number of carboxylic acid groups (broad SMARTS) is 1. The van der Waals surface area contributed by atoms with E-state index in [1.54, 1.807) is 4.90 Å². The van der Waals surface area contributed by atoms with Crippen LogP contribution in [0.4, 0.5) is 4.79 Å². The van der Waals surface area contributed by atoms with E-state index in [0.29, 0.717) is 31.7 Å². The van der Waals surface area contributed by atoms with Crippen LogP contribution < -0.4 is 16.1 Å². The van der Waals surface area contributed by atoms with Crippen LogP contribution in [0.2, 0.25) is 0 Å². The van der Waals surface area contributed by atoms with Gasteiger partial charge < -0.3 is 25.4 Å². The number of ether oxygens (including phenoxy) is 1. The number of hydrogen-bond acceptors (Lipinski definition) is 8. The normalized spacial score (nSPS) is 18.4. The van der Waals surface area contributed by atoms with Crippen LogP contribution in [0.5, 0.6) is 0 Å². The number of hydrogen-bond donors (Lipinski definition) is 4. The minimum absolute atomic E-state index is 0.000938. The first kappa shape index (κ1) is 31.0. The molecule has 0 saturated carbocycles. The summed E-state index contributed by atoms with van der Waals surface area (Å²) in [7, 11) is 0.